The van der Waals surface area contributed by atoms with Gasteiger partial charge in [-0.1, -0.05) is 44.3 Å². The Bertz CT molecular complexity index is 1120. The molecule has 2 aromatic rings. The Hall–Kier alpha value is -1.97. The van der Waals surface area contributed by atoms with E-state index in [0.717, 1.165) is 5.57 Å². The number of hydrogen-bond acceptors (Lipinski definition) is 12. The van der Waals surface area contributed by atoms with Gasteiger partial charge in [0.2, 0.25) is 10.3 Å². The quantitative estimate of drug-likeness (QED) is 0.390. The number of nitrogens with zero attached hydrogens (tertiary/aromatic N) is 9. The van der Waals surface area contributed by atoms with Crippen LogP contribution in [-0.2, 0) is 28.4 Å². The van der Waals surface area contributed by atoms with E-state index < -0.39 is 15.6 Å². The number of fused-ring (bicyclic) bond motifs is 1. The molecule has 4 rings (SSSR count). The number of Topliss-reactive ketones (excluding diaryl/α,β-unsaturated/α-hetero) is 1. The summed E-state index contributed by atoms with van der Waals surface area (Å²) in [5.74, 6) is 0.0875. The fraction of sp³-hybridized carbons (Fsp3) is 0.667. The largest absolute Gasteiger partial charge is 0.368 e. The van der Waals surface area contributed by atoms with Gasteiger partial charge in [0, 0.05) is 32.4 Å². The number of carbonyl (C=O) groups is 2. The number of rotatable bonds is 7. The van der Waals surface area contributed by atoms with E-state index in [1.54, 1.807) is 40.1 Å². The van der Waals surface area contributed by atoms with E-state index >= 15 is 0 Å². The van der Waals surface area contributed by atoms with Crippen LogP contribution < -0.4 is 0 Å². The molecule has 1 unspecified atom stereocenters. The minimum absolute atomic E-state index is 0.106. The standard InChI is InChI=1S/C18H25N9O3S3/c1-17(2,3)12(28)10-9(8-31-15-19-21-23-25(15)5)18(4,33-16-20-22-24-26(16)6)32-14-11(30-7)13(29)27(10)14/h11,14H,8H2,1-7H3/t11-,14+,18?/m0/s1. The number of aromatic nitrogens is 8. The highest BCUT2D eigenvalue weighted by Crippen LogP contribution is 2.58. The number of hydrogen-bond donors (Lipinski definition) is 0. The molecule has 2 aliphatic rings. The van der Waals surface area contributed by atoms with Crippen LogP contribution in [0.4, 0.5) is 0 Å². The smallest absolute Gasteiger partial charge is 0.260 e. The first kappa shape index (κ1) is 24.2. The first-order chi connectivity index (χ1) is 15.5. The van der Waals surface area contributed by atoms with Gasteiger partial charge >= 0.3 is 0 Å². The average molecular weight is 512 g/mol. The van der Waals surface area contributed by atoms with Crippen LogP contribution in [0.2, 0.25) is 0 Å². The summed E-state index contributed by atoms with van der Waals surface area (Å²) in [7, 11) is 5.03. The molecule has 1 saturated heterocycles. The van der Waals surface area contributed by atoms with E-state index in [-0.39, 0.29) is 17.1 Å². The molecule has 3 atom stereocenters. The van der Waals surface area contributed by atoms with Gasteiger partial charge in [0.25, 0.3) is 5.91 Å². The van der Waals surface area contributed by atoms with Gasteiger partial charge in [-0.05, 0) is 33.4 Å². The summed E-state index contributed by atoms with van der Waals surface area (Å²) in [5.41, 5.74) is 0.519. The Morgan fingerprint density at radius 2 is 1.76 bits per heavy atom. The van der Waals surface area contributed by atoms with E-state index in [1.807, 2.05) is 27.7 Å². The topological polar surface area (TPSA) is 134 Å². The van der Waals surface area contributed by atoms with E-state index in [0.29, 0.717) is 21.8 Å². The monoisotopic (exact) mass is 511 g/mol. The molecular weight excluding hydrogens is 486 g/mol. The Morgan fingerprint density at radius 3 is 2.27 bits per heavy atom. The zero-order valence-electron chi connectivity index (χ0n) is 19.3. The fourth-order valence-corrected chi connectivity index (χ4v) is 7.75. The molecule has 0 aromatic carbocycles. The minimum atomic E-state index is -0.694. The van der Waals surface area contributed by atoms with Gasteiger partial charge in [-0.15, -0.1) is 22.0 Å². The van der Waals surface area contributed by atoms with Crippen molar-refractivity contribution in [3.8, 4) is 0 Å². The second-order valence-electron chi connectivity index (χ2n) is 8.79. The lowest BCUT2D eigenvalue weighted by Crippen LogP contribution is -2.67. The maximum atomic E-state index is 13.7. The summed E-state index contributed by atoms with van der Waals surface area (Å²) in [6, 6.07) is 0. The van der Waals surface area contributed by atoms with Crippen molar-refractivity contribution in [3.63, 3.8) is 0 Å². The number of aryl methyl sites for hydroxylation is 2. The number of ketones is 1. The minimum Gasteiger partial charge on any atom is -0.368 e. The van der Waals surface area contributed by atoms with Crippen LogP contribution in [0.5, 0.6) is 0 Å². The van der Waals surface area contributed by atoms with Gasteiger partial charge in [0.1, 0.15) is 5.37 Å². The van der Waals surface area contributed by atoms with E-state index in [4.69, 9.17) is 4.74 Å². The van der Waals surface area contributed by atoms with Gasteiger partial charge in [0.15, 0.2) is 11.9 Å². The lowest BCUT2D eigenvalue weighted by molar-refractivity contribution is -0.160. The number of tetrazole rings is 2. The number of carbonyl (C=O) groups excluding carboxylic acids is 2. The maximum absolute atomic E-state index is 13.7. The van der Waals surface area contributed by atoms with Gasteiger partial charge in [0.05, 0.1) is 9.78 Å². The van der Waals surface area contributed by atoms with Crippen LogP contribution >= 0.6 is 35.3 Å². The normalized spacial score (nSPS) is 25.3. The number of thioether (sulfide) groups is 3. The SMILES string of the molecule is CO[C@H]1C(=O)N2C(C(=O)C(C)(C)C)=C(CSc3nnnn3C)C(C)(Sc3nnnn3C)S[C@H]12. The zero-order valence-corrected chi connectivity index (χ0v) is 21.8. The molecule has 12 nitrogen and oxygen atoms in total. The molecule has 33 heavy (non-hydrogen) atoms. The van der Waals surface area contributed by atoms with E-state index in [9.17, 15) is 9.59 Å². The summed E-state index contributed by atoms with van der Waals surface area (Å²) in [6.07, 6.45) is -0.618. The third-order valence-corrected chi connectivity index (χ3v) is 9.50. The van der Waals surface area contributed by atoms with Crippen LogP contribution in [0.25, 0.3) is 0 Å². The predicted octanol–water partition coefficient (Wildman–Crippen LogP) is 1.13. The number of allylic oxidation sites excluding steroid dienone is 1. The van der Waals surface area contributed by atoms with E-state index in [1.165, 1.54) is 30.6 Å². The summed E-state index contributed by atoms with van der Waals surface area (Å²) >= 11 is 4.42. The lowest BCUT2D eigenvalue weighted by Gasteiger charge is -2.54. The number of β-lactam (4-membered cyclic amide) rings is 1. The first-order valence-corrected chi connectivity index (χ1v) is 12.7. The molecular formula is C18H25N9O3S3. The van der Waals surface area contributed by atoms with Gasteiger partial charge in [-0.2, -0.15) is 0 Å². The van der Waals surface area contributed by atoms with Gasteiger partial charge in [-0.25, -0.2) is 9.36 Å². The van der Waals surface area contributed by atoms with Crippen molar-refractivity contribution in [2.24, 2.45) is 19.5 Å². The van der Waals surface area contributed by atoms with Crippen molar-refractivity contribution < 1.29 is 14.3 Å². The zero-order chi connectivity index (χ0) is 24.1. The first-order valence-electron chi connectivity index (χ1n) is 10.1. The van der Waals surface area contributed by atoms with Crippen molar-refractivity contribution in [1.82, 2.24) is 45.3 Å². The second-order valence-corrected chi connectivity index (χ2v) is 12.9. The molecule has 15 heteroatoms. The van der Waals surface area contributed by atoms with Crippen molar-refractivity contribution in [2.45, 2.75) is 53.6 Å². The molecule has 0 radical (unpaired) electrons. The molecule has 4 heterocycles. The Kier molecular flexibility index (Phi) is 6.35. The number of methoxy groups -OCH3 is 1. The summed E-state index contributed by atoms with van der Waals surface area (Å²) < 4.78 is 7.97. The molecule has 0 N–H and O–H groups in total. The Labute approximate surface area is 203 Å². The molecule has 1 fully saturated rings. The van der Waals surface area contributed by atoms with Crippen molar-refractivity contribution in [2.75, 3.05) is 12.9 Å². The average Bonchev–Trinajstić information content (AvgIpc) is 3.33. The van der Waals surface area contributed by atoms with Crippen LogP contribution in [0.15, 0.2) is 21.6 Å². The molecule has 0 saturated carbocycles. The molecule has 0 bridgehead atoms. The van der Waals surface area contributed by atoms with E-state index in [2.05, 4.69) is 31.1 Å². The Morgan fingerprint density at radius 1 is 1.15 bits per heavy atom. The van der Waals surface area contributed by atoms with Crippen molar-refractivity contribution in [3.05, 3.63) is 11.3 Å². The lowest BCUT2D eigenvalue weighted by atomic mass is 9.85. The highest BCUT2D eigenvalue weighted by atomic mass is 32.2. The molecule has 0 spiro atoms. The van der Waals surface area contributed by atoms with Crippen molar-refractivity contribution >= 4 is 47.0 Å². The number of amides is 1. The summed E-state index contributed by atoms with van der Waals surface area (Å²) in [6.45, 7) is 7.59. The second kappa shape index (κ2) is 8.67. The van der Waals surface area contributed by atoms with Crippen LogP contribution in [0, 0.1) is 5.41 Å². The molecule has 1 amide bonds. The molecule has 178 valence electrons. The third kappa shape index (κ3) is 4.19. The highest BCUT2D eigenvalue weighted by Gasteiger charge is 2.60. The van der Waals surface area contributed by atoms with Gasteiger partial charge < -0.3 is 4.74 Å². The third-order valence-electron chi connectivity index (χ3n) is 5.36. The maximum Gasteiger partial charge on any atom is 0.260 e. The molecule has 0 aliphatic carbocycles. The van der Waals surface area contributed by atoms with Crippen molar-refractivity contribution in [1.29, 1.82) is 0 Å². The highest BCUT2D eigenvalue weighted by molar-refractivity contribution is 8.19. The molecule has 2 aromatic heterocycles. The molecule has 2 aliphatic heterocycles. The summed E-state index contributed by atoms with van der Waals surface area (Å²) in [5, 5.41) is 24.3. The number of ether oxygens (including phenoxy) is 1. The van der Waals surface area contributed by atoms with Gasteiger partial charge in [-0.3, -0.25) is 14.5 Å². The summed E-state index contributed by atoms with van der Waals surface area (Å²) in [4.78, 5) is 28.3. The fourth-order valence-electron chi connectivity index (χ4n) is 3.52. The van der Waals surface area contributed by atoms with Crippen LogP contribution in [0.1, 0.15) is 27.7 Å². The Balaban J connectivity index is 1.85. The van der Waals surface area contributed by atoms with Crippen LogP contribution in [0.3, 0.4) is 0 Å². The predicted molar refractivity (Wildman–Crippen MR) is 123 cm³/mol. The van der Waals surface area contributed by atoms with Crippen LogP contribution in [-0.4, -0.2) is 85.4 Å².